The first-order valence-corrected chi connectivity index (χ1v) is 8.46. The fourth-order valence-corrected chi connectivity index (χ4v) is 3.55. The van der Waals surface area contributed by atoms with Gasteiger partial charge in [-0.15, -0.1) is 5.10 Å². The fourth-order valence-electron chi connectivity index (χ4n) is 2.58. The van der Waals surface area contributed by atoms with Crippen LogP contribution >= 0.6 is 11.3 Å². The van der Waals surface area contributed by atoms with Gasteiger partial charge < -0.3 is 23.9 Å². The average molecular weight is 370 g/mol. The van der Waals surface area contributed by atoms with Crippen molar-refractivity contribution in [3.63, 3.8) is 0 Å². The van der Waals surface area contributed by atoms with E-state index >= 15 is 0 Å². The zero-order valence-corrected chi connectivity index (χ0v) is 15.2. The SMILES string of the molecule is COc1ccc(/C=N\N=c2\sc3ccccc3n2C)c(C(=O)[O-])c1OC. The van der Waals surface area contributed by atoms with Crippen molar-refractivity contribution in [1.29, 1.82) is 0 Å². The number of ether oxygens (including phenoxy) is 2. The maximum atomic E-state index is 11.5. The Morgan fingerprint density at radius 1 is 1.19 bits per heavy atom. The lowest BCUT2D eigenvalue weighted by Crippen LogP contribution is -2.24. The highest BCUT2D eigenvalue weighted by Crippen LogP contribution is 2.32. The molecule has 0 radical (unpaired) electrons. The number of hydrogen-bond donors (Lipinski definition) is 0. The van der Waals surface area contributed by atoms with E-state index in [4.69, 9.17) is 9.47 Å². The van der Waals surface area contributed by atoms with Gasteiger partial charge in [-0.2, -0.15) is 5.10 Å². The molecule has 134 valence electrons. The van der Waals surface area contributed by atoms with Gasteiger partial charge in [-0.3, -0.25) is 0 Å². The number of carboxylic acids is 1. The van der Waals surface area contributed by atoms with Crippen LogP contribution in [0.5, 0.6) is 11.5 Å². The van der Waals surface area contributed by atoms with Crippen molar-refractivity contribution in [3.8, 4) is 11.5 Å². The molecule has 0 spiro atoms. The summed E-state index contributed by atoms with van der Waals surface area (Å²) in [6.45, 7) is 0. The van der Waals surface area contributed by atoms with Crippen molar-refractivity contribution in [2.45, 2.75) is 0 Å². The lowest BCUT2D eigenvalue weighted by Gasteiger charge is -2.15. The summed E-state index contributed by atoms with van der Waals surface area (Å²) in [7, 11) is 4.70. The van der Waals surface area contributed by atoms with E-state index in [0.29, 0.717) is 16.1 Å². The van der Waals surface area contributed by atoms with Crippen LogP contribution in [0.25, 0.3) is 10.2 Å². The maximum Gasteiger partial charge on any atom is 0.211 e. The number of rotatable bonds is 5. The zero-order chi connectivity index (χ0) is 18.7. The first-order chi connectivity index (χ1) is 12.6. The van der Waals surface area contributed by atoms with E-state index in [1.54, 1.807) is 12.1 Å². The van der Waals surface area contributed by atoms with Gasteiger partial charge in [-0.25, -0.2) is 0 Å². The number of fused-ring (bicyclic) bond motifs is 1. The van der Waals surface area contributed by atoms with Crippen LogP contribution < -0.4 is 19.4 Å². The summed E-state index contributed by atoms with van der Waals surface area (Å²) in [6.07, 6.45) is 1.36. The van der Waals surface area contributed by atoms with Crippen LogP contribution in [0.1, 0.15) is 15.9 Å². The van der Waals surface area contributed by atoms with E-state index in [9.17, 15) is 9.90 Å². The van der Waals surface area contributed by atoms with Crippen LogP contribution in [-0.2, 0) is 7.05 Å². The van der Waals surface area contributed by atoms with E-state index in [1.165, 1.54) is 31.8 Å². The van der Waals surface area contributed by atoms with Gasteiger partial charge in [0, 0.05) is 12.6 Å². The number of carbonyl (C=O) groups excluding carboxylic acids is 1. The highest BCUT2D eigenvalue weighted by molar-refractivity contribution is 7.16. The van der Waals surface area contributed by atoms with Gasteiger partial charge in [0.05, 0.1) is 42.2 Å². The molecule has 1 heterocycles. The van der Waals surface area contributed by atoms with E-state index in [-0.39, 0.29) is 11.3 Å². The number of methoxy groups -OCH3 is 2. The topological polar surface area (TPSA) is 88.2 Å². The number of carbonyl (C=O) groups is 1. The molecule has 0 N–H and O–H groups in total. The van der Waals surface area contributed by atoms with Crippen molar-refractivity contribution >= 4 is 33.7 Å². The van der Waals surface area contributed by atoms with Gasteiger partial charge in [0.1, 0.15) is 0 Å². The molecule has 8 heteroatoms. The third-order valence-electron chi connectivity index (χ3n) is 3.84. The second-order valence-electron chi connectivity index (χ2n) is 5.31. The largest absolute Gasteiger partial charge is 0.545 e. The van der Waals surface area contributed by atoms with E-state index in [2.05, 4.69) is 10.2 Å². The number of thiazole rings is 1. The van der Waals surface area contributed by atoms with Gasteiger partial charge in [0.15, 0.2) is 11.5 Å². The van der Waals surface area contributed by atoms with Crippen LogP contribution in [0.15, 0.2) is 46.6 Å². The minimum absolute atomic E-state index is 0.0869. The standard InChI is InChI=1S/C18H17N3O4S/c1-21-12-6-4-5-7-14(12)26-18(21)20-19-10-11-8-9-13(24-2)16(25-3)15(11)17(22)23/h4-10H,1-3H3,(H,22,23)/p-1/b19-10-,20-18+. The summed E-state index contributed by atoms with van der Waals surface area (Å²) in [4.78, 5) is 12.2. The van der Waals surface area contributed by atoms with Gasteiger partial charge in [-0.1, -0.05) is 23.5 Å². The van der Waals surface area contributed by atoms with Crippen LogP contribution in [0.4, 0.5) is 0 Å². The number of nitrogens with zero attached hydrogens (tertiary/aromatic N) is 3. The second kappa shape index (κ2) is 7.40. The number of hydrogen-bond acceptors (Lipinski definition) is 7. The highest BCUT2D eigenvalue weighted by atomic mass is 32.1. The van der Waals surface area contributed by atoms with Crippen LogP contribution in [0, 0.1) is 0 Å². The molecule has 3 rings (SSSR count). The smallest absolute Gasteiger partial charge is 0.211 e. The van der Waals surface area contributed by atoms with E-state index in [1.807, 2.05) is 35.9 Å². The van der Waals surface area contributed by atoms with Crippen molar-refractivity contribution in [2.24, 2.45) is 17.3 Å². The van der Waals surface area contributed by atoms with E-state index in [0.717, 1.165) is 10.2 Å². The second-order valence-corrected chi connectivity index (χ2v) is 6.32. The quantitative estimate of drug-likeness (QED) is 0.504. The minimum atomic E-state index is -1.38. The predicted octanol–water partition coefficient (Wildman–Crippen LogP) is 1.56. The molecular formula is C18H16N3O4S-. The first kappa shape index (κ1) is 17.7. The van der Waals surface area contributed by atoms with Crippen molar-refractivity contribution in [2.75, 3.05) is 14.2 Å². The van der Waals surface area contributed by atoms with Gasteiger partial charge in [0.2, 0.25) is 4.80 Å². The molecule has 0 bridgehead atoms. The number of aromatic carboxylic acids is 1. The molecule has 0 aliphatic heterocycles. The molecule has 3 aromatic rings. The molecule has 7 nitrogen and oxygen atoms in total. The predicted molar refractivity (Wildman–Crippen MR) is 97.8 cm³/mol. The van der Waals surface area contributed by atoms with Gasteiger partial charge >= 0.3 is 0 Å². The monoisotopic (exact) mass is 370 g/mol. The number of carboxylic acid groups (broad SMARTS) is 1. The normalized spacial score (nSPS) is 12.0. The Labute approximate surface area is 153 Å². The molecule has 0 unspecified atom stereocenters. The molecule has 0 amide bonds. The van der Waals surface area contributed by atoms with Gasteiger partial charge in [-0.05, 0) is 24.3 Å². The third kappa shape index (κ3) is 3.18. The molecule has 0 fully saturated rings. The van der Waals surface area contributed by atoms with Crippen molar-refractivity contribution in [1.82, 2.24) is 4.57 Å². The lowest BCUT2D eigenvalue weighted by molar-refractivity contribution is -0.255. The summed E-state index contributed by atoms with van der Waals surface area (Å²) >= 11 is 1.49. The molecule has 0 atom stereocenters. The minimum Gasteiger partial charge on any atom is -0.545 e. The Kier molecular flexibility index (Phi) is 5.04. The molecule has 2 aromatic carbocycles. The van der Waals surface area contributed by atoms with Crippen molar-refractivity contribution < 1.29 is 19.4 Å². The Bertz CT molecular complexity index is 1070. The number of aromatic nitrogens is 1. The molecule has 0 aliphatic rings. The van der Waals surface area contributed by atoms with Crippen LogP contribution in [0.3, 0.4) is 0 Å². The Morgan fingerprint density at radius 3 is 2.62 bits per heavy atom. The first-order valence-electron chi connectivity index (χ1n) is 7.64. The summed E-state index contributed by atoms with van der Waals surface area (Å²) in [5.74, 6) is -0.991. The van der Waals surface area contributed by atoms with Gasteiger partial charge in [0.25, 0.3) is 0 Å². The van der Waals surface area contributed by atoms with Crippen molar-refractivity contribution in [3.05, 3.63) is 52.3 Å². The lowest BCUT2D eigenvalue weighted by atomic mass is 10.1. The zero-order valence-electron chi connectivity index (χ0n) is 14.4. The number of benzene rings is 2. The summed E-state index contributed by atoms with van der Waals surface area (Å²) in [6, 6.07) is 11.1. The summed E-state index contributed by atoms with van der Waals surface area (Å²) in [5, 5.41) is 19.8. The number of aryl methyl sites for hydroxylation is 1. The molecule has 26 heavy (non-hydrogen) atoms. The molecule has 1 aromatic heterocycles. The Hall–Kier alpha value is -3.13. The Morgan fingerprint density at radius 2 is 1.96 bits per heavy atom. The third-order valence-corrected chi connectivity index (χ3v) is 4.94. The maximum absolute atomic E-state index is 11.5. The molecule has 0 aliphatic carbocycles. The average Bonchev–Trinajstić information content (AvgIpc) is 2.97. The Balaban J connectivity index is 2.05. The number of para-hydroxylation sites is 1. The molecular weight excluding hydrogens is 354 g/mol. The highest BCUT2D eigenvalue weighted by Gasteiger charge is 2.14. The fraction of sp³-hybridized carbons (Fsp3) is 0.167. The molecule has 0 saturated heterocycles. The molecule has 0 saturated carbocycles. The van der Waals surface area contributed by atoms with Crippen LogP contribution in [-0.4, -0.2) is 31.0 Å². The summed E-state index contributed by atoms with van der Waals surface area (Å²) < 4.78 is 13.3. The van der Waals surface area contributed by atoms with E-state index < -0.39 is 5.97 Å². The summed E-state index contributed by atoms with van der Waals surface area (Å²) in [5.41, 5.74) is 1.23. The van der Waals surface area contributed by atoms with Crippen LogP contribution in [0.2, 0.25) is 0 Å².